The molecule has 0 bridgehead atoms. The number of rotatable bonds is 3. The number of benzene rings is 1. The highest BCUT2D eigenvalue weighted by atomic mass is 32.1. The van der Waals surface area contributed by atoms with Crippen molar-refractivity contribution in [2.24, 2.45) is 0 Å². The second kappa shape index (κ2) is 6.57. The largest absolute Gasteiger partial charge is 0.337 e. The number of nitrogens with zero attached hydrogens (tertiary/aromatic N) is 4. The van der Waals surface area contributed by atoms with Crippen LogP contribution in [0.2, 0.25) is 0 Å². The van der Waals surface area contributed by atoms with Crippen LogP contribution in [0, 0.1) is 0 Å². The van der Waals surface area contributed by atoms with Gasteiger partial charge in [-0.15, -0.1) is 21.5 Å². The molecule has 0 saturated carbocycles. The smallest absolute Gasteiger partial charge is 0.263 e. The minimum Gasteiger partial charge on any atom is -0.337 e. The summed E-state index contributed by atoms with van der Waals surface area (Å²) in [7, 11) is 0. The van der Waals surface area contributed by atoms with Crippen molar-refractivity contribution in [2.75, 3.05) is 13.1 Å². The van der Waals surface area contributed by atoms with E-state index in [0.29, 0.717) is 6.54 Å². The highest BCUT2D eigenvalue weighted by molar-refractivity contribution is 7.12. The lowest BCUT2D eigenvalue weighted by Gasteiger charge is -2.32. The molecular formula is C18H18N4OS. The first kappa shape index (κ1) is 15.1. The minimum atomic E-state index is 0.125. The van der Waals surface area contributed by atoms with Gasteiger partial charge in [0.1, 0.15) is 12.2 Å². The van der Waals surface area contributed by atoms with Gasteiger partial charge >= 0.3 is 0 Å². The summed E-state index contributed by atoms with van der Waals surface area (Å²) in [6.07, 6.45) is 3.77. The first-order valence-electron chi connectivity index (χ1n) is 8.11. The van der Waals surface area contributed by atoms with Crippen LogP contribution < -0.4 is 0 Å². The fraction of sp³-hybridized carbons (Fsp3) is 0.278. The Morgan fingerprint density at radius 2 is 2.04 bits per heavy atom. The molecule has 1 amide bonds. The van der Waals surface area contributed by atoms with Crippen LogP contribution in [0.15, 0.2) is 54.2 Å². The zero-order valence-corrected chi connectivity index (χ0v) is 14.0. The number of piperidine rings is 1. The van der Waals surface area contributed by atoms with E-state index in [2.05, 4.69) is 10.2 Å². The second-order valence-electron chi connectivity index (χ2n) is 5.96. The van der Waals surface area contributed by atoms with E-state index in [1.807, 2.05) is 57.3 Å². The third kappa shape index (κ3) is 2.85. The maximum Gasteiger partial charge on any atom is 0.263 e. The van der Waals surface area contributed by atoms with E-state index < -0.39 is 0 Å². The average Bonchev–Trinajstić information content (AvgIpc) is 3.34. The maximum absolute atomic E-state index is 12.6. The van der Waals surface area contributed by atoms with Crippen LogP contribution in [0.4, 0.5) is 0 Å². The molecule has 1 aliphatic heterocycles. The molecule has 1 atom stereocenters. The van der Waals surface area contributed by atoms with Gasteiger partial charge in [-0.1, -0.05) is 24.3 Å². The van der Waals surface area contributed by atoms with Crippen LogP contribution in [0.1, 0.15) is 34.3 Å². The summed E-state index contributed by atoms with van der Waals surface area (Å²) in [6.45, 7) is 1.51. The van der Waals surface area contributed by atoms with E-state index in [1.54, 1.807) is 6.33 Å². The van der Waals surface area contributed by atoms with E-state index in [9.17, 15) is 4.79 Å². The van der Waals surface area contributed by atoms with E-state index >= 15 is 0 Å². The summed E-state index contributed by atoms with van der Waals surface area (Å²) in [5, 5.41) is 10.4. The monoisotopic (exact) mass is 338 g/mol. The molecule has 0 N–H and O–H groups in total. The van der Waals surface area contributed by atoms with E-state index in [-0.39, 0.29) is 11.8 Å². The summed E-state index contributed by atoms with van der Waals surface area (Å²) in [5.74, 6) is 1.27. The van der Waals surface area contributed by atoms with Gasteiger partial charge in [0.2, 0.25) is 0 Å². The van der Waals surface area contributed by atoms with Gasteiger partial charge in [-0.3, -0.25) is 9.36 Å². The predicted molar refractivity (Wildman–Crippen MR) is 93.6 cm³/mol. The van der Waals surface area contributed by atoms with Crippen molar-refractivity contribution in [3.8, 4) is 5.69 Å². The Morgan fingerprint density at radius 3 is 2.83 bits per heavy atom. The Kier molecular flexibility index (Phi) is 4.13. The highest BCUT2D eigenvalue weighted by Crippen LogP contribution is 2.28. The number of carbonyl (C=O) groups is 1. The first-order valence-corrected chi connectivity index (χ1v) is 8.99. The van der Waals surface area contributed by atoms with Gasteiger partial charge < -0.3 is 4.90 Å². The lowest BCUT2D eigenvalue weighted by molar-refractivity contribution is 0.0709. The van der Waals surface area contributed by atoms with E-state index in [0.717, 1.165) is 35.8 Å². The number of hydrogen-bond donors (Lipinski definition) is 0. The number of aromatic nitrogens is 3. The molecule has 6 heteroatoms. The molecule has 0 radical (unpaired) electrons. The number of amides is 1. The first-order chi connectivity index (χ1) is 11.8. The van der Waals surface area contributed by atoms with Gasteiger partial charge in [-0.25, -0.2) is 0 Å². The molecule has 1 aliphatic rings. The Balaban J connectivity index is 1.57. The standard InChI is InChI=1S/C18H18N4OS/c23-18(16-9-5-11-24-16)21-10-4-6-14(12-21)17-20-19-13-22(17)15-7-2-1-3-8-15/h1-3,5,7-9,11,13-14H,4,6,10,12H2/t14-/m0/s1. The van der Waals surface area contributed by atoms with Crippen LogP contribution in [0.5, 0.6) is 0 Å². The van der Waals surface area contributed by atoms with Crippen molar-refractivity contribution in [3.05, 3.63) is 64.9 Å². The van der Waals surface area contributed by atoms with Crippen LogP contribution in [0.25, 0.3) is 5.69 Å². The number of carbonyl (C=O) groups excluding carboxylic acids is 1. The van der Waals surface area contributed by atoms with Crippen molar-refractivity contribution in [2.45, 2.75) is 18.8 Å². The Labute approximate surface area is 144 Å². The Morgan fingerprint density at radius 1 is 1.17 bits per heavy atom. The minimum absolute atomic E-state index is 0.125. The molecule has 122 valence electrons. The number of likely N-dealkylation sites (tertiary alicyclic amines) is 1. The van der Waals surface area contributed by atoms with Gasteiger partial charge in [0.05, 0.1) is 4.88 Å². The van der Waals surface area contributed by atoms with Gasteiger partial charge in [0.15, 0.2) is 0 Å². The Hall–Kier alpha value is -2.47. The van der Waals surface area contributed by atoms with Crippen LogP contribution in [0.3, 0.4) is 0 Å². The maximum atomic E-state index is 12.6. The third-order valence-electron chi connectivity index (χ3n) is 4.41. The Bertz CT molecular complexity index is 813. The number of para-hydroxylation sites is 1. The molecule has 1 saturated heterocycles. The zero-order valence-electron chi connectivity index (χ0n) is 13.2. The topological polar surface area (TPSA) is 51.0 Å². The fourth-order valence-corrected chi connectivity index (χ4v) is 3.93. The van der Waals surface area contributed by atoms with Crippen molar-refractivity contribution in [3.63, 3.8) is 0 Å². The molecule has 2 aromatic heterocycles. The molecule has 4 rings (SSSR count). The summed E-state index contributed by atoms with van der Waals surface area (Å²) in [6, 6.07) is 13.9. The summed E-state index contributed by atoms with van der Waals surface area (Å²) >= 11 is 1.50. The second-order valence-corrected chi connectivity index (χ2v) is 6.91. The SMILES string of the molecule is O=C(c1cccs1)N1CCC[C@H](c2nncn2-c2ccccc2)C1. The van der Waals surface area contributed by atoms with Crippen molar-refractivity contribution in [1.82, 2.24) is 19.7 Å². The van der Waals surface area contributed by atoms with Crippen LogP contribution >= 0.6 is 11.3 Å². The summed E-state index contributed by atoms with van der Waals surface area (Å²) in [4.78, 5) is 15.4. The molecule has 0 unspecified atom stereocenters. The fourth-order valence-electron chi connectivity index (χ4n) is 3.24. The van der Waals surface area contributed by atoms with Gasteiger partial charge in [-0.05, 0) is 36.4 Å². The normalized spacial score (nSPS) is 17.8. The summed E-state index contributed by atoms with van der Waals surface area (Å²) < 4.78 is 2.03. The zero-order chi connectivity index (χ0) is 16.4. The third-order valence-corrected chi connectivity index (χ3v) is 5.27. The van der Waals surface area contributed by atoms with E-state index in [4.69, 9.17) is 0 Å². The quantitative estimate of drug-likeness (QED) is 0.736. The van der Waals surface area contributed by atoms with Crippen molar-refractivity contribution < 1.29 is 4.79 Å². The van der Waals surface area contributed by atoms with Gasteiger partial charge in [-0.2, -0.15) is 0 Å². The lowest BCUT2D eigenvalue weighted by atomic mass is 9.97. The molecule has 24 heavy (non-hydrogen) atoms. The van der Waals surface area contributed by atoms with Gasteiger partial charge in [0.25, 0.3) is 5.91 Å². The van der Waals surface area contributed by atoms with Gasteiger partial charge in [0, 0.05) is 24.7 Å². The molecule has 1 aromatic carbocycles. The van der Waals surface area contributed by atoms with Crippen LogP contribution in [-0.4, -0.2) is 38.7 Å². The summed E-state index contributed by atoms with van der Waals surface area (Å²) in [5.41, 5.74) is 1.05. The number of thiophene rings is 1. The molecular weight excluding hydrogens is 320 g/mol. The highest BCUT2D eigenvalue weighted by Gasteiger charge is 2.29. The molecule has 0 aliphatic carbocycles. The molecule has 3 aromatic rings. The average molecular weight is 338 g/mol. The predicted octanol–water partition coefficient (Wildman–Crippen LogP) is 3.35. The van der Waals surface area contributed by atoms with Crippen molar-refractivity contribution in [1.29, 1.82) is 0 Å². The van der Waals surface area contributed by atoms with E-state index in [1.165, 1.54) is 11.3 Å². The lowest BCUT2D eigenvalue weighted by Crippen LogP contribution is -2.39. The number of hydrogen-bond acceptors (Lipinski definition) is 4. The molecule has 0 spiro atoms. The van der Waals surface area contributed by atoms with Crippen LogP contribution in [-0.2, 0) is 0 Å². The molecule has 1 fully saturated rings. The molecule has 5 nitrogen and oxygen atoms in total. The van der Waals surface area contributed by atoms with Crippen molar-refractivity contribution >= 4 is 17.2 Å². The molecule has 3 heterocycles.